The highest BCUT2D eigenvalue weighted by Gasteiger charge is 2.36. The van der Waals surface area contributed by atoms with E-state index in [0.29, 0.717) is 42.4 Å². The van der Waals surface area contributed by atoms with Crippen molar-refractivity contribution in [3.8, 4) is 11.5 Å². The fourth-order valence-electron chi connectivity index (χ4n) is 3.35. The highest BCUT2D eigenvalue weighted by atomic mass is 79.9. The molecular formula is C25H25BrN2O5. The SMILES string of the molecule is C=CCc1cc(/C=C2\C(=O)NC(=O)N(c3ccc(Br)cc3)C2=O)cc(OCC)c1OCCC. The zero-order chi connectivity index (χ0) is 24.0. The first kappa shape index (κ1) is 24.3. The molecule has 172 valence electrons. The summed E-state index contributed by atoms with van der Waals surface area (Å²) < 4.78 is 12.5. The van der Waals surface area contributed by atoms with Crippen molar-refractivity contribution in [1.29, 1.82) is 0 Å². The Hall–Kier alpha value is -3.39. The van der Waals surface area contributed by atoms with Crippen molar-refractivity contribution in [2.24, 2.45) is 0 Å². The van der Waals surface area contributed by atoms with Gasteiger partial charge in [-0.2, -0.15) is 0 Å². The molecule has 2 aromatic carbocycles. The van der Waals surface area contributed by atoms with E-state index >= 15 is 0 Å². The summed E-state index contributed by atoms with van der Waals surface area (Å²) in [5, 5.41) is 2.24. The van der Waals surface area contributed by atoms with Gasteiger partial charge in [-0.05, 0) is 67.8 Å². The highest BCUT2D eigenvalue weighted by molar-refractivity contribution is 9.10. The van der Waals surface area contributed by atoms with Crippen molar-refractivity contribution >= 4 is 45.5 Å². The number of amides is 4. The van der Waals surface area contributed by atoms with Crippen LogP contribution in [-0.4, -0.2) is 31.1 Å². The summed E-state index contributed by atoms with van der Waals surface area (Å²) in [6, 6.07) is 9.39. The first-order valence-corrected chi connectivity index (χ1v) is 11.4. The van der Waals surface area contributed by atoms with Crippen LogP contribution in [0.5, 0.6) is 11.5 Å². The number of hydrogen-bond donors (Lipinski definition) is 1. The number of imide groups is 2. The number of carbonyl (C=O) groups excluding carboxylic acids is 3. The van der Waals surface area contributed by atoms with E-state index in [1.807, 2.05) is 19.9 Å². The van der Waals surface area contributed by atoms with Crippen molar-refractivity contribution in [2.45, 2.75) is 26.7 Å². The lowest BCUT2D eigenvalue weighted by Crippen LogP contribution is -2.54. The van der Waals surface area contributed by atoms with Crippen LogP contribution < -0.4 is 19.7 Å². The van der Waals surface area contributed by atoms with Gasteiger partial charge in [-0.15, -0.1) is 6.58 Å². The standard InChI is InChI=1S/C25H25BrN2O5/c1-4-7-17-13-16(15-21(32-6-3)22(17)33-12-5-2)14-20-23(29)27-25(31)28(24(20)30)19-10-8-18(26)9-11-19/h4,8-11,13-15H,1,5-7,12H2,2-3H3,(H,27,29,31)/b20-14+. The number of carbonyl (C=O) groups is 3. The molecule has 0 spiro atoms. The Morgan fingerprint density at radius 1 is 1.09 bits per heavy atom. The second kappa shape index (κ2) is 11.0. The summed E-state index contributed by atoms with van der Waals surface area (Å²) in [4.78, 5) is 39.1. The Kier molecular flexibility index (Phi) is 8.06. The maximum absolute atomic E-state index is 13.2. The lowest BCUT2D eigenvalue weighted by atomic mass is 10.0. The maximum Gasteiger partial charge on any atom is 0.335 e. The van der Waals surface area contributed by atoms with Gasteiger partial charge in [0.2, 0.25) is 0 Å². The number of nitrogens with zero attached hydrogens (tertiary/aromatic N) is 1. The van der Waals surface area contributed by atoms with Crippen LogP contribution in [0.1, 0.15) is 31.4 Å². The van der Waals surface area contributed by atoms with Crippen molar-refractivity contribution in [2.75, 3.05) is 18.1 Å². The average Bonchev–Trinajstić information content (AvgIpc) is 2.78. The highest BCUT2D eigenvalue weighted by Crippen LogP contribution is 2.35. The molecule has 1 heterocycles. The molecule has 0 aliphatic carbocycles. The van der Waals surface area contributed by atoms with E-state index in [4.69, 9.17) is 9.47 Å². The number of urea groups is 1. The monoisotopic (exact) mass is 512 g/mol. The number of hydrogen-bond acceptors (Lipinski definition) is 5. The number of halogens is 1. The second-order valence-electron chi connectivity index (χ2n) is 7.22. The minimum Gasteiger partial charge on any atom is -0.490 e. The number of barbiturate groups is 1. The third-order valence-corrected chi connectivity index (χ3v) is 5.29. The molecule has 0 unspecified atom stereocenters. The van der Waals surface area contributed by atoms with Crippen LogP contribution in [0.2, 0.25) is 0 Å². The van der Waals surface area contributed by atoms with Gasteiger partial charge in [0.1, 0.15) is 5.57 Å². The number of benzene rings is 2. The molecule has 4 amide bonds. The van der Waals surface area contributed by atoms with E-state index < -0.39 is 17.8 Å². The fraction of sp³-hybridized carbons (Fsp3) is 0.240. The van der Waals surface area contributed by atoms with Gasteiger partial charge >= 0.3 is 6.03 Å². The molecule has 1 N–H and O–H groups in total. The fourth-order valence-corrected chi connectivity index (χ4v) is 3.62. The van der Waals surface area contributed by atoms with Crippen LogP contribution in [0.3, 0.4) is 0 Å². The van der Waals surface area contributed by atoms with E-state index in [1.54, 1.807) is 36.4 Å². The molecule has 8 heteroatoms. The topological polar surface area (TPSA) is 84.9 Å². The van der Waals surface area contributed by atoms with Crippen LogP contribution >= 0.6 is 15.9 Å². The summed E-state index contributed by atoms with van der Waals surface area (Å²) in [6.07, 6.45) is 4.54. The molecule has 1 aliphatic heterocycles. The lowest BCUT2D eigenvalue weighted by Gasteiger charge is -2.26. The predicted molar refractivity (Wildman–Crippen MR) is 130 cm³/mol. The average molecular weight is 513 g/mol. The van der Waals surface area contributed by atoms with Gasteiger partial charge in [-0.3, -0.25) is 14.9 Å². The van der Waals surface area contributed by atoms with Crippen molar-refractivity contribution in [3.63, 3.8) is 0 Å². The van der Waals surface area contributed by atoms with Gasteiger partial charge in [0.05, 0.1) is 18.9 Å². The van der Waals surface area contributed by atoms with Crippen LogP contribution in [0.15, 0.2) is 59.1 Å². The van der Waals surface area contributed by atoms with Gasteiger partial charge in [0.25, 0.3) is 11.8 Å². The Morgan fingerprint density at radius 3 is 2.45 bits per heavy atom. The van der Waals surface area contributed by atoms with Crippen LogP contribution in [0, 0.1) is 0 Å². The second-order valence-corrected chi connectivity index (χ2v) is 8.13. The number of nitrogens with one attached hydrogen (secondary N) is 1. The summed E-state index contributed by atoms with van der Waals surface area (Å²) in [7, 11) is 0. The van der Waals surface area contributed by atoms with E-state index in [2.05, 4.69) is 27.8 Å². The molecule has 3 rings (SSSR count). The van der Waals surface area contributed by atoms with Gasteiger partial charge in [-0.25, -0.2) is 9.69 Å². The predicted octanol–water partition coefficient (Wildman–Crippen LogP) is 5.03. The Morgan fingerprint density at radius 2 is 1.82 bits per heavy atom. The largest absolute Gasteiger partial charge is 0.490 e. The number of anilines is 1. The maximum atomic E-state index is 13.2. The van der Waals surface area contributed by atoms with E-state index in [0.717, 1.165) is 21.4 Å². The minimum atomic E-state index is -0.796. The molecule has 33 heavy (non-hydrogen) atoms. The summed E-state index contributed by atoms with van der Waals surface area (Å²) in [5.74, 6) is -0.331. The quantitative estimate of drug-likeness (QED) is 0.289. The molecule has 2 aromatic rings. The van der Waals surface area contributed by atoms with Crippen molar-refractivity contribution < 1.29 is 23.9 Å². The number of rotatable bonds is 9. The smallest absolute Gasteiger partial charge is 0.335 e. The van der Waals surface area contributed by atoms with Crippen LogP contribution in [0.25, 0.3) is 6.08 Å². The molecule has 0 radical (unpaired) electrons. The summed E-state index contributed by atoms with van der Waals surface area (Å²) >= 11 is 3.33. The zero-order valence-corrected chi connectivity index (χ0v) is 20.1. The molecule has 0 saturated carbocycles. The van der Waals surface area contributed by atoms with Gasteiger partial charge in [-0.1, -0.05) is 28.9 Å². The Bertz CT molecular complexity index is 1110. The molecule has 0 bridgehead atoms. The third-order valence-electron chi connectivity index (χ3n) is 4.77. The van der Waals surface area contributed by atoms with Crippen molar-refractivity contribution in [1.82, 2.24) is 5.32 Å². The van der Waals surface area contributed by atoms with Gasteiger partial charge < -0.3 is 9.47 Å². The Labute approximate surface area is 201 Å². The molecule has 1 saturated heterocycles. The van der Waals surface area contributed by atoms with E-state index in [-0.39, 0.29) is 5.57 Å². The first-order chi connectivity index (χ1) is 15.9. The van der Waals surface area contributed by atoms with E-state index in [1.165, 1.54) is 6.08 Å². The molecule has 7 nitrogen and oxygen atoms in total. The summed E-state index contributed by atoms with van der Waals surface area (Å²) in [5.41, 5.74) is 1.58. The lowest BCUT2D eigenvalue weighted by molar-refractivity contribution is -0.122. The van der Waals surface area contributed by atoms with E-state index in [9.17, 15) is 14.4 Å². The third kappa shape index (κ3) is 5.51. The number of ether oxygens (including phenoxy) is 2. The van der Waals surface area contributed by atoms with Crippen molar-refractivity contribution in [3.05, 3.63) is 70.2 Å². The molecule has 0 atom stereocenters. The zero-order valence-electron chi connectivity index (χ0n) is 18.5. The molecule has 0 aromatic heterocycles. The van der Waals surface area contributed by atoms with Gasteiger partial charge in [0, 0.05) is 10.0 Å². The first-order valence-electron chi connectivity index (χ1n) is 10.6. The molecular weight excluding hydrogens is 488 g/mol. The Balaban J connectivity index is 2.06. The number of allylic oxidation sites excluding steroid dienone is 1. The molecule has 1 fully saturated rings. The van der Waals surface area contributed by atoms with Gasteiger partial charge in [0.15, 0.2) is 11.5 Å². The van der Waals surface area contributed by atoms with Crippen LogP contribution in [0.4, 0.5) is 10.5 Å². The molecule has 1 aliphatic rings. The summed E-state index contributed by atoms with van der Waals surface area (Å²) in [6.45, 7) is 8.62. The minimum absolute atomic E-state index is 0.160. The van der Waals surface area contributed by atoms with Crippen LogP contribution in [-0.2, 0) is 16.0 Å². The normalized spacial score (nSPS) is 14.9.